The maximum Gasteiger partial charge on any atom is 0.255 e. The van der Waals surface area contributed by atoms with Gasteiger partial charge in [-0.1, -0.05) is 31.4 Å². The Morgan fingerprint density at radius 1 is 1.17 bits per heavy atom. The van der Waals surface area contributed by atoms with Crippen molar-refractivity contribution in [3.05, 3.63) is 70.5 Å². The van der Waals surface area contributed by atoms with Crippen molar-refractivity contribution < 1.29 is 9.13 Å². The number of hydrogen-bond acceptors (Lipinski definition) is 7. The zero-order chi connectivity index (χ0) is 25.1. The van der Waals surface area contributed by atoms with Gasteiger partial charge in [-0.3, -0.25) is 14.3 Å². The average Bonchev–Trinajstić information content (AvgIpc) is 2.92. The summed E-state index contributed by atoms with van der Waals surface area (Å²) >= 11 is 0. The summed E-state index contributed by atoms with van der Waals surface area (Å²) in [5.41, 5.74) is 8.62. The van der Waals surface area contributed by atoms with Gasteiger partial charge in [-0.05, 0) is 36.6 Å². The van der Waals surface area contributed by atoms with Gasteiger partial charge in [0.25, 0.3) is 5.56 Å². The molecule has 1 saturated heterocycles. The van der Waals surface area contributed by atoms with Crippen molar-refractivity contribution in [2.45, 2.75) is 44.2 Å². The molecule has 0 radical (unpaired) electrons. The van der Waals surface area contributed by atoms with E-state index in [-0.39, 0.29) is 17.2 Å². The standard InChI is InChI=1S/C27H33FN6O2/c1-32-26(35)15-24(22-11-12-30-16-23(22)28)31-27(32)33-13-14-36-25(17-33)19-7-9-21(10-8-19)34(18-29)20-5-3-2-4-6-20/h7-12,15-16,20,25H,2-6,13-14,17-18,29H2,1H3/t25-/m1/s1. The Hall–Kier alpha value is -3.30. The molecule has 2 aromatic heterocycles. The van der Waals surface area contributed by atoms with E-state index in [4.69, 9.17) is 10.5 Å². The van der Waals surface area contributed by atoms with Crippen LogP contribution in [-0.4, -0.2) is 46.9 Å². The first-order chi connectivity index (χ1) is 17.5. The molecule has 1 saturated carbocycles. The van der Waals surface area contributed by atoms with E-state index < -0.39 is 5.82 Å². The van der Waals surface area contributed by atoms with Gasteiger partial charge in [-0.15, -0.1) is 0 Å². The molecule has 8 nitrogen and oxygen atoms in total. The molecule has 1 aliphatic heterocycles. The lowest BCUT2D eigenvalue weighted by Crippen LogP contribution is -2.42. The summed E-state index contributed by atoms with van der Waals surface area (Å²) in [5, 5.41) is 0. The lowest BCUT2D eigenvalue weighted by Gasteiger charge is -2.36. The second-order valence-corrected chi connectivity index (χ2v) is 9.54. The van der Waals surface area contributed by atoms with E-state index >= 15 is 0 Å². The Morgan fingerprint density at radius 2 is 1.94 bits per heavy atom. The van der Waals surface area contributed by atoms with E-state index in [0.717, 1.165) is 17.4 Å². The van der Waals surface area contributed by atoms with Crippen molar-refractivity contribution in [2.75, 3.05) is 36.2 Å². The zero-order valence-electron chi connectivity index (χ0n) is 20.6. The Morgan fingerprint density at radius 3 is 2.67 bits per heavy atom. The van der Waals surface area contributed by atoms with Crippen LogP contribution in [-0.2, 0) is 11.8 Å². The first-order valence-corrected chi connectivity index (χ1v) is 12.7. The van der Waals surface area contributed by atoms with Gasteiger partial charge in [0.1, 0.15) is 6.10 Å². The van der Waals surface area contributed by atoms with Gasteiger partial charge in [0.05, 0.1) is 31.7 Å². The van der Waals surface area contributed by atoms with Crippen molar-refractivity contribution in [2.24, 2.45) is 12.8 Å². The van der Waals surface area contributed by atoms with Gasteiger partial charge >= 0.3 is 0 Å². The van der Waals surface area contributed by atoms with E-state index in [2.05, 4.69) is 39.1 Å². The van der Waals surface area contributed by atoms with E-state index in [1.807, 2.05) is 4.90 Å². The third kappa shape index (κ3) is 4.99. The molecule has 190 valence electrons. The molecule has 1 atom stereocenters. The Labute approximate surface area is 210 Å². The van der Waals surface area contributed by atoms with Gasteiger partial charge in [0, 0.05) is 43.1 Å². The molecule has 3 heterocycles. The Bertz CT molecular complexity index is 1240. The molecule has 2 fully saturated rings. The fourth-order valence-electron chi connectivity index (χ4n) is 5.30. The topological polar surface area (TPSA) is 89.5 Å². The van der Waals surface area contributed by atoms with Crippen molar-refractivity contribution in [3.8, 4) is 11.3 Å². The SMILES string of the molecule is Cn1c(N2CCO[C@@H](c3ccc(N(CN)C4CCCCC4)cc3)C2)nc(-c2ccncc2F)cc1=O. The molecule has 0 amide bonds. The van der Waals surface area contributed by atoms with E-state index in [1.165, 1.54) is 55.0 Å². The second-order valence-electron chi connectivity index (χ2n) is 9.54. The number of hydrogen-bond donors (Lipinski definition) is 1. The van der Waals surface area contributed by atoms with Crippen molar-refractivity contribution >= 4 is 11.6 Å². The second kappa shape index (κ2) is 10.8. The summed E-state index contributed by atoms with van der Waals surface area (Å²) in [7, 11) is 1.68. The molecule has 0 bridgehead atoms. The highest BCUT2D eigenvalue weighted by molar-refractivity contribution is 5.60. The third-order valence-electron chi connectivity index (χ3n) is 7.32. The molecule has 0 unspecified atom stereocenters. The largest absolute Gasteiger partial charge is 0.370 e. The van der Waals surface area contributed by atoms with Crippen LogP contribution in [0.3, 0.4) is 0 Å². The summed E-state index contributed by atoms with van der Waals surface area (Å²) in [6.45, 7) is 2.11. The number of anilines is 2. The van der Waals surface area contributed by atoms with Crippen LogP contribution in [0.4, 0.5) is 16.0 Å². The van der Waals surface area contributed by atoms with Crippen LogP contribution in [0.1, 0.15) is 43.8 Å². The number of benzene rings is 1. The van der Waals surface area contributed by atoms with Crippen molar-refractivity contribution in [1.29, 1.82) is 0 Å². The molecule has 9 heteroatoms. The first-order valence-electron chi connectivity index (χ1n) is 12.7. The fourth-order valence-corrected chi connectivity index (χ4v) is 5.30. The van der Waals surface area contributed by atoms with Crippen LogP contribution in [0.15, 0.2) is 53.6 Å². The smallest absolute Gasteiger partial charge is 0.255 e. The molecule has 5 rings (SSSR count). The van der Waals surface area contributed by atoms with Gasteiger partial charge in [-0.25, -0.2) is 9.37 Å². The number of rotatable bonds is 6. The van der Waals surface area contributed by atoms with Crippen LogP contribution in [0.5, 0.6) is 0 Å². The predicted molar refractivity (Wildman–Crippen MR) is 138 cm³/mol. The Balaban J connectivity index is 1.36. The van der Waals surface area contributed by atoms with Crippen LogP contribution in [0.2, 0.25) is 0 Å². The number of ether oxygens (including phenoxy) is 1. The maximum atomic E-state index is 14.3. The van der Waals surface area contributed by atoms with Crippen LogP contribution >= 0.6 is 0 Å². The number of pyridine rings is 1. The van der Waals surface area contributed by atoms with Crippen LogP contribution < -0.4 is 21.1 Å². The van der Waals surface area contributed by atoms with Crippen LogP contribution in [0.25, 0.3) is 11.3 Å². The van der Waals surface area contributed by atoms with Gasteiger partial charge in [0.15, 0.2) is 5.82 Å². The highest BCUT2D eigenvalue weighted by Crippen LogP contribution is 2.30. The molecule has 1 aromatic carbocycles. The monoisotopic (exact) mass is 492 g/mol. The molecule has 3 aromatic rings. The highest BCUT2D eigenvalue weighted by Gasteiger charge is 2.26. The first kappa shape index (κ1) is 24.4. The lowest BCUT2D eigenvalue weighted by molar-refractivity contribution is 0.0390. The predicted octanol–water partition coefficient (Wildman–Crippen LogP) is 3.61. The highest BCUT2D eigenvalue weighted by atomic mass is 19.1. The van der Waals surface area contributed by atoms with E-state index in [9.17, 15) is 9.18 Å². The summed E-state index contributed by atoms with van der Waals surface area (Å²) in [6, 6.07) is 11.8. The summed E-state index contributed by atoms with van der Waals surface area (Å²) in [5.74, 6) is -0.0193. The lowest BCUT2D eigenvalue weighted by atomic mass is 9.94. The fraction of sp³-hybridized carbons (Fsp3) is 0.444. The zero-order valence-corrected chi connectivity index (χ0v) is 20.6. The van der Waals surface area contributed by atoms with Gasteiger partial charge in [0.2, 0.25) is 5.95 Å². The van der Waals surface area contributed by atoms with E-state index in [0.29, 0.717) is 44.0 Å². The van der Waals surface area contributed by atoms with Gasteiger partial charge < -0.3 is 20.3 Å². The van der Waals surface area contributed by atoms with Gasteiger partial charge in [-0.2, -0.15) is 0 Å². The molecular weight excluding hydrogens is 459 g/mol. The van der Waals surface area contributed by atoms with Crippen LogP contribution in [0, 0.1) is 5.82 Å². The molecule has 2 N–H and O–H groups in total. The summed E-state index contributed by atoms with van der Waals surface area (Å²) < 4.78 is 21.9. The molecule has 2 aliphatic rings. The third-order valence-corrected chi connectivity index (χ3v) is 7.32. The normalized spacial score (nSPS) is 18.9. The number of nitrogens with zero attached hydrogens (tertiary/aromatic N) is 5. The number of aromatic nitrogens is 3. The molecule has 0 spiro atoms. The molecule has 1 aliphatic carbocycles. The summed E-state index contributed by atoms with van der Waals surface area (Å²) in [4.78, 5) is 25.5. The van der Waals surface area contributed by atoms with Crippen molar-refractivity contribution in [1.82, 2.24) is 14.5 Å². The summed E-state index contributed by atoms with van der Waals surface area (Å²) in [6.07, 6.45) is 8.65. The van der Waals surface area contributed by atoms with Crippen molar-refractivity contribution in [3.63, 3.8) is 0 Å². The minimum absolute atomic E-state index is 0.174. The molecular formula is C27H33FN6O2. The Kier molecular flexibility index (Phi) is 7.29. The minimum Gasteiger partial charge on any atom is -0.370 e. The minimum atomic E-state index is -0.510. The average molecular weight is 493 g/mol. The molecule has 36 heavy (non-hydrogen) atoms. The van der Waals surface area contributed by atoms with E-state index in [1.54, 1.807) is 7.05 Å². The number of morpholine rings is 1. The quantitative estimate of drug-likeness (QED) is 0.526. The number of halogens is 1. The maximum absolute atomic E-state index is 14.3. The number of nitrogens with two attached hydrogens (primary N) is 1.